The van der Waals surface area contributed by atoms with Crippen molar-refractivity contribution >= 4 is 16.0 Å². The molecule has 1 heterocycles. The molecular formula is C20H23N5O3S. The normalized spacial score (nSPS) is 12.0. The molecule has 4 N–H and O–H groups in total. The molecule has 0 aliphatic heterocycles. The molecule has 3 aromatic rings. The Morgan fingerprint density at radius 1 is 1.10 bits per heavy atom. The molecule has 0 saturated heterocycles. The van der Waals surface area contributed by atoms with Gasteiger partial charge in [-0.3, -0.25) is 4.99 Å². The van der Waals surface area contributed by atoms with E-state index in [4.69, 9.17) is 9.56 Å². The first-order valence-electron chi connectivity index (χ1n) is 9.02. The van der Waals surface area contributed by atoms with Crippen LogP contribution in [0.2, 0.25) is 0 Å². The maximum absolute atomic E-state index is 11.3. The summed E-state index contributed by atoms with van der Waals surface area (Å²) in [6.45, 7) is 1.10. The van der Waals surface area contributed by atoms with E-state index >= 15 is 0 Å². The summed E-state index contributed by atoms with van der Waals surface area (Å²) in [5, 5.41) is 11.5. The topological polar surface area (TPSA) is 123 Å². The van der Waals surface area contributed by atoms with Crippen molar-refractivity contribution in [1.29, 1.82) is 0 Å². The van der Waals surface area contributed by atoms with Gasteiger partial charge in [0.25, 0.3) is 0 Å². The quantitative estimate of drug-likeness (QED) is 0.402. The molecule has 152 valence electrons. The molecule has 0 bridgehead atoms. The lowest BCUT2D eigenvalue weighted by atomic mass is 10.1. The number of nitrogens with zero attached hydrogens (tertiary/aromatic N) is 2. The van der Waals surface area contributed by atoms with Crippen molar-refractivity contribution < 1.29 is 12.8 Å². The molecule has 0 radical (unpaired) electrons. The lowest BCUT2D eigenvalue weighted by Crippen LogP contribution is -2.37. The Hall–Kier alpha value is -3.17. The van der Waals surface area contributed by atoms with Crippen LogP contribution >= 0.6 is 0 Å². The number of guanidine groups is 1. The highest BCUT2D eigenvalue weighted by Gasteiger charge is 2.08. The Morgan fingerprint density at radius 3 is 2.48 bits per heavy atom. The minimum atomic E-state index is -3.67. The predicted octanol–water partition coefficient (Wildman–Crippen LogP) is 1.90. The number of aliphatic imine (C=N–C) groups is 1. The van der Waals surface area contributed by atoms with Gasteiger partial charge in [-0.25, -0.2) is 18.5 Å². The first-order valence-corrected chi connectivity index (χ1v) is 10.6. The molecule has 29 heavy (non-hydrogen) atoms. The fraction of sp³-hybridized carbons (Fsp3) is 0.200. The molecule has 0 atom stereocenters. The molecule has 0 amide bonds. The van der Waals surface area contributed by atoms with Crippen molar-refractivity contribution in [2.45, 2.75) is 17.9 Å². The van der Waals surface area contributed by atoms with Crippen LogP contribution in [0.5, 0.6) is 0 Å². The van der Waals surface area contributed by atoms with Gasteiger partial charge in [0.1, 0.15) is 6.26 Å². The Kier molecular flexibility index (Phi) is 6.63. The summed E-state index contributed by atoms with van der Waals surface area (Å²) in [5.41, 5.74) is 2.68. The average Bonchev–Trinajstić information content (AvgIpc) is 3.20. The van der Waals surface area contributed by atoms with Gasteiger partial charge in [0.05, 0.1) is 17.1 Å². The van der Waals surface area contributed by atoms with Crippen molar-refractivity contribution in [2.24, 2.45) is 10.1 Å². The first-order chi connectivity index (χ1) is 14.0. The molecule has 1 aromatic heterocycles. The zero-order valence-corrected chi connectivity index (χ0v) is 16.8. The fourth-order valence-electron chi connectivity index (χ4n) is 2.67. The van der Waals surface area contributed by atoms with Crippen molar-refractivity contribution in [2.75, 3.05) is 13.6 Å². The van der Waals surface area contributed by atoms with E-state index in [1.54, 1.807) is 25.4 Å². The average molecular weight is 414 g/mol. The van der Waals surface area contributed by atoms with Gasteiger partial charge >= 0.3 is 0 Å². The zero-order valence-electron chi connectivity index (χ0n) is 16.0. The van der Waals surface area contributed by atoms with Gasteiger partial charge in [-0.15, -0.1) is 0 Å². The van der Waals surface area contributed by atoms with E-state index in [0.29, 0.717) is 31.4 Å². The monoisotopic (exact) mass is 413 g/mol. The third kappa shape index (κ3) is 5.90. The predicted molar refractivity (Wildman–Crippen MR) is 112 cm³/mol. The lowest BCUT2D eigenvalue weighted by molar-refractivity contribution is 0.572. The Morgan fingerprint density at radius 2 is 1.83 bits per heavy atom. The summed E-state index contributed by atoms with van der Waals surface area (Å²) >= 11 is 0. The molecule has 0 aliphatic carbocycles. The summed E-state index contributed by atoms with van der Waals surface area (Å²) in [6.07, 6.45) is 2.32. The largest absolute Gasteiger partial charge is 0.444 e. The summed E-state index contributed by atoms with van der Waals surface area (Å²) in [7, 11) is -1.98. The standard InChI is InChI=1S/C20H23N5O3S/c1-22-20(23-12-11-15-7-9-18(10-8-15)29(21,26)27)24-13-17-14-28-19(25-17)16-5-3-2-4-6-16/h2-10,14H,11-13H2,1H3,(H2,21,26,27)(H2,22,23,24). The maximum atomic E-state index is 11.3. The van der Waals surface area contributed by atoms with Crippen LogP contribution in [-0.2, 0) is 23.0 Å². The van der Waals surface area contributed by atoms with Gasteiger partial charge in [-0.2, -0.15) is 0 Å². The van der Waals surface area contributed by atoms with Crippen LogP contribution in [0.4, 0.5) is 0 Å². The fourth-order valence-corrected chi connectivity index (χ4v) is 3.18. The number of benzene rings is 2. The van der Waals surface area contributed by atoms with E-state index in [1.165, 1.54) is 12.1 Å². The van der Waals surface area contributed by atoms with Gasteiger partial charge in [-0.05, 0) is 36.2 Å². The number of rotatable bonds is 7. The second-order valence-corrected chi connectivity index (χ2v) is 7.86. The number of aromatic nitrogens is 1. The zero-order chi connectivity index (χ0) is 20.7. The van der Waals surface area contributed by atoms with Crippen molar-refractivity contribution in [1.82, 2.24) is 15.6 Å². The number of primary sulfonamides is 1. The van der Waals surface area contributed by atoms with Gasteiger partial charge in [0.2, 0.25) is 15.9 Å². The molecule has 0 saturated carbocycles. The number of nitrogens with two attached hydrogens (primary N) is 1. The minimum absolute atomic E-state index is 0.106. The van der Waals surface area contributed by atoms with Crippen molar-refractivity contribution in [3.63, 3.8) is 0 Å². The highest BCUT2D eigenvalue weighted by molar-refractivity contribution is 7.89. The van der Waals surface area contributed by atoms with E-state index < -0.39 is 10.0 Å². The Labute approximate surface area is 169 Å². The van der Waals surface area contributed by atoms with Gasteiger partial charge < -0.3 is 15.1 Å². The second-order valence-electron chi connectivity index (χ2n) is 6.30. The van der Waals surface area contributed by atoms with E-state index in [0.717, 1.165) is 16.8 Å². The third-order valence-electron chi connectivity index (χ3n) is 4.19. The van der Waals surface area contributed by atoms with Crippen LogP contribution in [-0.4, -0.2) is 33.0 Å². The Balaban J connectivity index is 1.47. The van der Waals surface area contributed by atoms with E-state index in [2.05, 4.69) is 20.6 Å². The number of sulfonamides is 1. The Bertz CT molecular complexity index is 1060. The maximum Gasteiger partial charge on any atom is 0.238 e. The van der Waals surface area contributed by atoms with Crippen LogP contribution in [0.15, 0.2) is 75.2 Å². The highest BCUT2D eigenvalue weighted by atomic mass is 32.2. The number of hydrogen-bond acceptors (Lipinski definition) is 5. The first kappa shape index (κ1) is 20.6. The second kappa shape index (κ2) is 9.35. The number of nitrogens with one attached hydrogen (secondary N) is 2. The minimum Gasteiger partial charge on any atom is -0.444 e. The molecule has 3 rings (SSSR count). The lowest BCUT2D eigenvalue weighted by Gasteiger charge is -2.11. The van der Waals surface area contributed by atoms with E-state index in [-0.39, 0.29) is 4.90 Å². The molecule has 9 heteroatoms. The van der Waals surface area contributed by atoms with E-state index in [9.17, 15) is 8.42 Å². The smallest absolute Gasteiger partial charge is 0.238 e. The van der Waals surface area contributed by atoms with Crippen LogP contribution in [0.25, 0.3) is 11.5 Å². The third-order valence-corrected chi connectivity index (χ3v) is 5.12. The molecule has 0 spiro atoms. The van der Waals surface area contributed by atoms with Gasteiger partial charge in [-0.1, -0.05) is 30.3 Å². The van der Waals surface area contributed by atoms with Crippen molar-refractivity contribution in [3.8, 4) is 11.5 Å². The van der Waals surface area contributed by atoms with Crippen LogP contribution in [0.1, 0.15) is 11.3 Å². The highest BCUT2D eigenvalue weighted by Crippen LogP contribution is 2.17. The van der Waals surface area contributed by atoms with E-state index in [1.807, 2.05) is 30.3 Å². The summed E-state index contributed by atoms with van der Waals surface area (Å²) in [5.74, 6) is 1.21. The number of hydrogen-bond donors (Lipinski definition) is 3. The van der Waals surface area contributed by atoms with Gasteiger partial charge in [0.15, 0.2) is 5.96 Å². The molecular weight excluding hydrogens is 390 g/mol. The van der Waals surface area contributed by atoms with Crippen molar-refractivity contribution in [3.05, 3.63) is 72.1 Å². The number of oxazole rings is 1. The molecule has 2 aromatic carbocycles. The van der Waals surface area contributed by atoms with Crippen LogP contribution in [0.3, 0.4) is 0 Å². The van der Waals surface area contributed by atoms with Crippen LogP contribution in [0, 0.1) is 0 Å². The summed E-state index contributed by atoms with van der Waals surface area (Å²) in [6, 6.07) is 16.2. The summed E-state index contributed by atoms with van der Waals surface area (Å²) in [4.78, 5) is 8.76. The molecule has 8 nitrogen and oxygen atoms in total. The molecule has 0 fully saturated rings. The van der Waals surface area contributed by atoms with Gasteiger partial charge in [0, 0.05) is 19.2 Å². The molecule has 0 aliphatic rings. The molecule has 0 unspecified atom stereocenters. The summed E-state index contributed by atoms with van der Waals surface area (Å²) < 4.78 is 28.1. The van der Waals surface area contributed by atoms with Crippen LogP contribution < -0.4 is 15.8 Å². The SMILES string of the molecule is CN=C(NCCc1ccc(S(N)(=O)=O)cc1)NCc1coc(-c2ccccc2)n1.